The van der Waals surface area contributed by atoms with Crippen molar-refractivity contribution in [1.82, 2.24) is 0 Å². The number of hydrogen-bond donors (Lipinski definition) is 2. The van der Waals surface area contributed by atoms with Crippen LogP contribution in [-0.4, -0.2) is 122 Å². The van der Waals surface area contributed by atoms with Gasteiger partial charge in [0.1, 0.15) is 52.0 Å². The van der Waals surface area contributed by atoms with Gasteiger partial charge in [0.25, 0.3) is 0 Å². The molecule has 0 bridgehead atoms. The molecule has 1 aliphatic carbocycles. The summed E-state index contributed by atoms with van der Waals surface area (Å²) in [5, 5.41) is 12.8. The van der Waals surface area contributed by atoms with Crippen molar-refractivity contribution >= 4 is 36.1 Å². The molecule has 1 aromatic rings. The third-order valence-electron chi connectivity index (χ3n) is 8.24. The number of esters is 1. The minimum absolute atomic E-state index is 0.104. The van der Waals surface area contributed by atoms with E-state index < -0.39 is 59.4 Å². The predicted molar refractivity (Wildman–Crippen MR) is 175 cm³/mol. The molecule has 0 saturated heterocycles. The molecule has 1 amide bonds. The van der Waals surface area contributed by atoms with E-state index in [0.717, 1.165) is 18.1 Å². The van der Waals surface area contributed by atoms with Crippen molar-refractivity contribution < 1.29 is 71.7 Å². The Morgan fingerprint density at radius 3 is 1.66 bits per heavy atom. The van der Waals surface area contributed by atoms with Crippen LogP contribution in [0.1, 0.15) is 45.6 Å². The summed E-state index contributed by atoms with van der Waals surface area (Å²) in [6.45, 7) is 3.66. The Morgan fingerprint density at radius 1 is 0.740 bits per heavy atom. The first-order valence-electron chi connectivity index (χ1n) is 15.9. The molecule has 1 fully saturated rings. The van der Waals surface area contributed by atoms with Crippen molar-refractivity contribution in [2.75, 3.05) is 67.5 Å². The van der Waals surface area contributed by atoms with Crippen molar-refractivity contribution in [3.05, 3.63) is 29.8 Å². The van der Waals surface area contributed by atoms with Gasteiger partial charge >= 0.3 is 11.9 Å². The Morgan fingerprint density at radius 2 is 1.20 bits per heavy atom. The standard InChI is InChI=1S/C34H51NO15/c1-32(17-36)14-33(2,18-37)16-34(3,15-32)31(41)35-24-10-8-23(9-11-24)12-13-46-30(40)28(50-22-45-7)26(48-20-43-5)25(47-19-42-4)27(29(38)39)49-21-44-6/h8-11,17-18,25-28H,12-16,19-22H2,1-7H3,(H,35,41)(H,38,39). The number of rotatable bonds is 24. The molecule has 6 atom stereocenters. The number of aliphatic carboxylic acids is 1. The van der Waals surface area contributed by atoms with E-state index in [-0.39, 0.29) is 39.3 Å². The fraction of sp³-hybridized carbons (Fsp3) is 0.676. The smallest absolute Gasteiger partial charge is 0.338 e. The van der Waals surface area contributed by atoms with E-state index in [1.54, 1.807) is 45.0 Å². The fourth-order valence-corrected chi connectivity index (χ4v) is 6.50. The molecule has 0 aromatic heterocycles. The number of ether oxygens (including phenoxy) is 9. The number of carboxylic acids is 1. The van der Waals surface area contributed by atoms with Crippen molar-refractivity contribution in [2.24, 2.45) is 16.2 Å². The van der Waals surface area contributed by atoms with Crippen LogP contribution in [0, 0.1) is 16.2 Å². The van der Waals surface area contributed by atoms with Crippen LogP contribution in [0.2, 0.25) is 0 Å². The van der Waals surface area contributed by atoms with Crippen LogP contribution in [-0.2, 0) is 73.0 Å². The number of anilines is 1. The van der Waals surface area contributed by atoms with Crippen LogP contribution in [0.25, 0.3) is 0 Å². The summed E-state index contributed by atoms with van der Waals surface area (Å²) in [7, 11) is 5.30. The van der Waals surface area contributed by atoms with Gasteiger partial charge in [-0.15, -0.1) is 0 Å². The van der Waals surface area contributed by atoms with Crippen molar-refractivity contribution in [2.45, 2.75) is 70.9 Å². The number of carbonyl (C=O) groups excluding carboxylic acids is 4. The molecule has 16 heteroatoms. The summed E-state index contributed by atoms with van der Waals surface area (Å²) in [4.78, 5) is 62.8. The number of amides is 1. The minimum atomic E-state index is -1.68. The Bertz CT molecular complexity index is 1220. The zero-order valence-electron chi connectivity index (χ0n) is 29.8. The fourth-order valence-electron chi connectivity index (χ4n) is 6.50. The van der Waals surface area contributed by atoms with E-state index in [1.807, 2.05) is 0 Å². The zero-order valence-corrected chi connectivity index (χ0v) is 29.8. The second-order valence-corrected chi connectivity index (χ2v) is 13.1. The van der Waals surface area contributed by atoms with Gasteiger partial charge in [0, 0.05) is 56.8 Å². The molecule has 50 heavy (non-hydrogen) atoms. The molecule has 0 aliphatic heterocycles. The summed E-state index contributed by atoms with van der Waals surface area (Å²) < 4.78 is 47.6. The highest BCUT2D eigenvalue weighted by atomic mass is 16.7. The molecule has 16 nitrogen and oxygen atoms in total. The van der Waals surface area contributed by atoms with E-state index in [1.165, 1.54) is 28.4 Å². The number of carboxylic acid groups (broad SMARTS) is 1. The number of hydrogen-bond acceptors (Lipinski definition) is 14. The summed E-state index contributed by atoms with van der Waals surface area (Å²) in [5.74, 6) is -2.63. The van der Waals surface area contributed by atoms with Crippen LogP contribution < -0.4 is 5.32 Å². The minimum Gasteiger partial charge on any atom is -0.479 e. The molecule has 6 unspecified atom stereocenters. The first kappa shape index (κ1) is 42.8. The molecule has 0 spiro atoms. The molecule has 2 rings (SSSR count). The Balaban J connectivity index is 2.16. The molecular weight excluding hydrogens is 662 g/mol. The van der Waals surface area contributed by atoms with Gasteiger partial charge in [-0.3, -0.25) is 4.79 Å². The maximum atomic E-state index is 13.4. The topological polar surface area (TPSA) is 201 Å². The number of carbonyl (C=O) groups is 5. The van der Waals surface area contributed by atoms with Gasteiger partial charge in [-0.2, -0.15) is 0 Å². The van der Waals surface area contributed by atoms with Gasteiger partial charge < -0.3 is 62.6 Å². The molecule has 2 N–H and O–H groups in total. The molecule has 1 aliphatic rings. The quantitative estimate of drug-likeness (QED) is 0.0898. The second kappa shape index (κ2) is 20.5. The molecular formula is C34H51NO15. The summed E-state index contributed by atoms with van der Waals surface area (Å²) in [6, 6.07) is 6.89. The maximum Gasteiger partial charge on any atom is 0.338 e. The highest BCUT2D eigenvalue weighted by Crippen LogP contribution is 2.53. The second-order valence-electron chi connectivity index (χ2n) is 13.1. The van der Waals surface area contributed by atoms with Crippen LogP contribution in [0.4, 0.5) is 5.69 Å². The lowest BCUT2D eigenvalue weighted by Gasteiger charge is -2.47. The van der Waals surface area contributed by atoms with Crippen LogP contribution >= 0.6 is 0 Å². The zero-order chi connectivity index (χ0) is 37.4. The van der Waals surface area contributed by atoms with Gasteiger partial charge in [-0.25, -0.2) is 9.59 Å². The predicted octanol–water partition coefficient (Wildman–Crippen LogP) is 2.35. The number of nitrogens with one attached hydrogen (secondary N) is 1. The van der Waals surface area contributed by atoms with E-state index >= 15 is 0 Å². The molecule has 0 radical (unpaired) electrons. The average Bonchev–Trinajstić information content (AvgIpc) is 3.08. The van der Waals surface area contributed by atoms with E-state index in [9.17, 15) is 29.1 Å². The van der Waals surface area contributed by atoms with Crippen LogP contribution in [0.3, 0.4) is 0 Å². The largest absolute Gasteiger partial charge is 0.479 e. The normalized spacial score (nSPS) is 24.4. The highest BCUT2D eigenvalue weighted by molar-refractivity contribution is 5.96. The Labute approximate surface area is 292 Å². The monoisotopic (exact) mass is 713 g/mol. The van der Waals surface area contributed by atoms with Gasteiger partial charge in [-0.05, 0) is 37.0 Å². The lowest BCUT2D eigenvalue weighted by molar-refractivity contribution is -0.243. The van der Waals surface area contributed by atoms with Gasteiger partial charge in [0.2, 0.25) is 5.91 Å². The Hall–Kier alpha value is -3.35. The molecule has 282 valence electrons. The third-order valence-corrected chi connectivity index (χ3v) is 8.24. The number of benzene rings is 1. The lowest BCUT2D eigenvalue weighted by atomic mass is 9.55. The third kappa shape index (κ3) is 12.5. The van der Waals surface area contributed by atoms with Gasteiger partial charge in [0.15, 0.2) is 12.2 Å². The van der Waals surface area contributed by atoms with Crippen molar-refractivity contribution in [1.29, 1.82) is 0 Å². The highest BCUT2D eigenvalue weighted by Gasteiger charge is 2.52. The van der Waals surface area contributed by atoms with Crippen molar-refractivity contribution in [3.63, 3.8) is 0 Å². The Kier molecular flexibility index (Phi) is 17.5. The van der Waals surface area contributed by atoms with Gasteiger partial charge in [-0.1, -0.05) is 32.9 Å². The van der Waals surface area contributed by atoms with Crippen LogP contribution in [0.15, 0.2) is 24.3 Å². The molecule has 1 aromatic carbocycles. The van der Waals surface area contributed by atoms with Gasteiger partial charge in [0.05, 0.1) is 6.61 Å². The first-order valence-corrected chi connectivity index (χ1v) is 15.9. The first-order chi connectivity index (χ1) is 23.7. The lowest BCUT2D eigenvalue weighted by Crippen LogP contribution is -2.55. The average molecular weight is 714 g/mol. The van der Waals surface area contributed by atoms with E-state index in [2.05, 4.69) is 5.32 Å². The van der Waals surface area contributed by atoms with E-state index in [0.29, 0.717) is 24.9 Å². The SMILES string of the molecule is COCOC(C(=O)O)C(OCOC)C(OCOC)C(OCOC)C(=O)OCCc1ccc(NC(=O)C2(C)CC(C)(C=O)CC(C)(C=O)C2)cc1. The maximum absolute atomic E-state index is 13.4. The van der Waals surface area contributed by atoms with Crippen molar-refractivity contribution in [3.8, 4) is 0 Å². The summed E-state index contributed by atoms with van der Waals surface area (Å²) in [5.41, 5.74) is -1.28. The molecule has 1 saturated carbocycles. The number of methoxy groups -OCH3 is 4. The van der Waals surface area contributed by atoms with Crippen LogP contribution in [0.5, 0.6) is 0 Å². The number of aldehydes is 2. The summed E-state index contributed by atoms with van der Waals surface area (Å²) in [6.07, 6.45) is -3.21. The summed E-state index contributed by atoms with van der Waals surface area (Å²) >= 11 is 0. The molecule has 0 heterocycles. The van der Waals surface area contributed by atoms with E-state index in [4.69, 9.17) is 42.6 Å².